The van der Waals surface area contributed by atoms with Gasteiger partial charge in [0.25, 0.3) is 0 Å². The van der Waals surface area contributed by atoms with E-state index in [-0.39, 0.29) is 6.61 Å². The number of pyridine rings is 1. The first kappa shape index (κ1) is 12.2. The van der Waals surface area contributed by atoms with Crippen molar-refractivity contribution < 1.29 is 5.11 Å². The zero-order chi connectivity index (χ0) is 12.3. The molecule has 4 heteroatoms. The molecule has 0 amide bonds. The molecule has 0 aromatic carbocycles. The van der Waals surface area contributed by atoms with E-state index in [4.69, 9.17) is 5.11 Å². The number of nitrogens with zero attached hydrogens (tertiary/aromatic N) is 2. The Balaban J connectivity index is 2.35. The number of rotatable bonds is 4. The molecule has 2 aromatic rings. The fraction of sp³-hybridized carbons (Fsp3) is 0.385. The Kier molecular flexibility index (Phi) is 3.86. The van der Waals surface area contributed by atoms with Crippen LogP contribution in [0.5, 0.6) is 0 Å². The van der Waals surface area contributed by atoms with Crippen LogP contribution in [0.15, 0.2) is 18.3 Å². The van der Waals surface area contributed by atoms with E-state index in [1.807, 2.05) is 19.2 Å². The fourth-order valence-corrected chi connectivity index (χ4v) is 2.65. The first-order valence-electron chi connectivity index (χ1n) is 5.77. The minimum absolute atomic E-state index is 0.153. The molecule has 0 aliphatic heterocycles. The van der Waals surface area contributed by atoms with Gasteiger partial charge < -0.3 is 5.11 Å². The number of aromatic nitrogens is 2. The van der Waals surface area contributed by atoms with E-state index in [9.17, 15) is 0 Å². The predicted octanol–water partition coefficient (Wildman–Crippen LogP) is 2.61. The molecule has 1 N–H and O–H groups in total. The lowest BCUT2D eigenvalue weighted by Crippen LogP contribution is -1.93. The maximum absolute atomic E-state index is 8.96. The van der Waals surface area contributed by atoms with E-state index < -0.39 is 0 Å². The summed E-state index contributed by atoms with van der Waals surface area (Å²) in [6, 6.07) is 4.07. The summed E-state index contributed by atoms with van der Waals surface area (Å²) in [7, 11) is 0. The lowest BCUT2D eigenvalue weighted by Gasteiger charge is -1.98. The number of aryl methyl sites for hydroxylation is 2. The van der Waals surface area contributed by atoms with Gasteiger partial charge in [0.05, 0.1) is 5.69 Å². The molecule has 0 aliphatic rings. The van der Waals surface area contributed by atoms with Crippen molar-refractivity contribution in [3.05, 3.63) is 34.6 Å². The lowest BCUT2D eigenvalue weighted by atomic mass is 10.2. The van der Waals surface area contributed by atoms with E-state index in [2.05, 4.69) is 23.0 Å². The van der Waals surface area contributed by atoms with Crippen LogP contribution in [0.2, 0.25) is 0 Å². The standard InChI is InChI=1S/C13H16N2OS/c1-3-11-8-10(4-6-14-11)13-15-12(5-7-16)9(2)17-13/h4,6,8,16H,3,5,7H2,1-2H3. The molecule has 17 heavy (non-hydrogen) atoms. The fourth-order valence-electron chi connectivity index (χ4n) is 1.69. The summed E-state index contributed by atoms with van der Waals surface area (Å²) in [5.74, 6) is 0. The Labute approximate surface area is 105 Å². The van der Waals surface area contributed by atoms with Crippen molar-refractivity contribution in [3.8, 4) is 10.6 Å². The second-order valence-corrected chi connectivity index (χ2v) is 5.09. The molecule has 0 aliphatic carbocycles. The Morgan fingerprint density at radius 2 is 2.24 bits per heavy atom. The third kappa shape index (κ3) is 2.70. The van der Waals surface area contributed by atoms with Crippen LogP contribution in [0, 0.1) is 6.92 Å². The number of aliphatic hydroxyl groups excluding tert-OH is 1. The van der Waals surface area contributed by atoms with Crippen LogP contribution in [0.4, 0.5) is 0 Å². The van der Waals surface area contributed by atoms with Gasteiger partial charge in [-0.15, -0.1) is 11.3 Å². The van der Waals surface area contributed by atoms with Gasteiger partial charge in [-0.2, -0.15) is 0 Å². The minimum atomic E-state index is 0.153. The van der Waals surface area contributed by atoms with Crippen molar-refractivity contribution in [1.29, 1.82) is 0 Å². The van der Waals surface area contributed by atoms with Gasteiger partial charge in [-0.25, -0.2) is 4.98 Å². The Morgan fingerprint density at radius 1 is 1.41 bits per heavy atom. The second-order valence-electron chi connectivity index (χ2n) is 3.88. The molecule has 0 atom stereocenters. The van der Waals surface area contributed by atoms with Crippen LogP contribution in [0.25, 0.3) is 10.6 Å². The Hall–Kier alpha value is -1.26. The van der Waals surface area contributed by atoms with Gasteiger partial charge in [0, 0.05) is 35.4 Å². The molecule has 0 saturated heterocycles. The Bertz CT molecular complexity index is 508. The first-order valence-corrected chi connectivity index (χ1v) is 6.58. The van der Waals surface area contributed by atoms with Crippen molar-refractivity contribution in [2.75, 3.05) is 6.61 Å². The van der Waals surface area contributed by atoms with Crippen LogP contribution in [-0.2, 0) is 12.8 Å². The van der Waals surface area contributed by atoms with Crippen LogP contribution in [0.1, 0.15) is 23.2 Å². The van der Waals surface area contributed by atoms with Crippen LogP contribution in [-0.4, -0.2) is 21.7 Å². The highest BCUT2D eigenvalue weighted by Gasteiger charge is 2.09. The SMILES string of the molecule is CCc1cc(-c2nc(CCO)c(C)s2)ccn1. The minimum Gasteiger partial charge on any atom is -0.396 e. The Morgan fingerprint density at radius 3 is 2.94 bits per heavy atom. The summed E-state index contributed by atoms with van der Waals surface area (Å²) in [5, 5.41) is 9.98. The average Bonchev–Trinajstić information content (AvgIpc) is 2.72. The zero-order valence-electron chi connectivity index (χ0n) is 10.1. The van der Waals surface area contributed by atoms with Gasteiger partial charge in [0.2, 0.25) is 0 Å². The third-order valence-corrected chi connectivity index (χ3v) is 3.73. The van der Waals surface area contributed by atoms with Crippen molar-refractivity contribution in [2.45, 2.75) is 26.7 Å². The molecular weight excluding hydrogens is 232 g/mol. The largest absolute Gasteiger partial charge is 0.396 e. The van der Waals surface area contributed by atoms with E-state index in [0.717, 1.165) is 28.4 Å². The van der Waals surface area contributed by atoms with E-state index in [1.165, 1.54) is 4.88 Å². The van der Waals surface area contributed by atoms with Crippen LogP contribution < -0.4 is 0 Å². The van der Waals surface area contributed by atoms with Crippen molar-refractivity contribution in [2.24, 2.45) is 0 Å². The van der Waals surface area contributed by atoms with Crippen molar-refractivity contribution in [1.82, 2.24) is 9.97 Å². The summed E-state index contributed by atoms with van der Waals surface area (Å²) >= 11 is 1.68. The summed E-state index contributed by atoms with van der Waals surface area (Å²) in [6.45, 7) is 4.30. The summed E-state index contributed by atoms with van der Waals surface area (Å²) in [4.78, 5) is 10.0. The van der Waals surface area contributed by atoms with Gasteiger partial charge in [0.15, 0.2) is 0 Å². The van der Waals surface area contributed by atoms with E-state index >= 15 is 0 Å². The number of aliphatic hydroxyl groups is 1. The molecule has 0 spiro atoms. The van der Waals surface area contributed by atoms with Crippen LogP contribution >= 0.6 is 11.3 Å². The highest BCUT2D eigenvalue weighted by atomic mass is 32.1. The van der Waals surface area contributed by atoms with E-state index in [0.29, 0.717) is 6.42 Å². The summed E-state index contributed by atoms with van der Waals surface area (Å²) in [5.41, 5.74) is 3.20. The van der Waals surface area contributed by atoms with Crippen LogP contribution in [0.3, 0.4) is 0 Å². The molecule has 0 saturated carbocycles. The molecule has 0 fully saturated rings. The molecule has 2 aromatic heterocycles. The highest BCUT2D eigenvalue weighted by Crippen LogP contribution is 2.27. The first-order chi connectivity index (χ1) is 8.24. The van der Waals surface area contributed by atoms with Gasteiger partial charge in [-0.1, -0.05) is 6.92 Å². The zero-order valence-corrected chi connectivity index (χ0v) is 10.9. The average molecular weight is 248 g/mol. The number of hydrogen-bond donors (Lipinski definition) is 1. The number of hydrogen-bond acceptors (Lipinski definition) is 4. The quantitative estimate of drug-likeness (QED) is 0.904. The second kappa shape index (κ2) is 5.38. The van der Waals surface area contributed by atoms with Gasteiger partial charge >= 0.3 is 0 Å². The number of thiazole rings is 1. The molecule has 2 heterocycles. The van der Waals surface area contributed by atoms with E-state index in [1.54, 1.807) is 11.3 Å². The summed E-state index contributed by atoms with van der Waals surface area (Å²) in [6.07, 6.45) is 3.40. The molecule has 3 nitrogen and oxygen atoms in total. The lowest BCUT2D eigenvalue weighted by molar-refractivity contribution is 0.298. The normalized spacial score (nSPS) is 10.8. The smallest absolute Gasteiger partial charge is 0.123 e. The monoisotopic (exact) mass is 248 g/mol. The molecular formula is C13H16N2OS. The predicted molar refractivity (Wildman–Crippen MR) is 70.2 cm³/mol. The topological polar surface area (TPSA) is 46.0 Å². The maximum atomic E-state index is 8.96. The van der Waals surface area contributed by atoms with Gasteiger partial charge in [0.1, 0.15) is 5.01 Å². The third-order valence-electron chi connectivity index (χ3n) is 2.67. The molecule has 0 radical (unpaired) electrons. The molecule has 0 bridgehead atoms. The summed E-state index contributed by atoms with van der Waals surface area (Å²) < 4.78 is 0. The van der Waals surface area contributed by atoms with Crippen molar-refractivity contribution in [3.63, 3.8) is 0 Å². The molecule has 90 valence electrons. The van der Waals surface area contributed by atoms with Gasteiger partial charge in [-0.05, 0) is 25.5 Å². The molecule has 2 rings (SSSR count). The van der Waals surface area contributed by atoms with Gasteiger partial charge in [-0.3, -0.25) is 4.98 Å². The maximum Gasteiger partial charge on any atom is 0.123 e. The van der Waals surface area contributed by atoms with Crippen molar-refractivity contribution >= 4 is 11.3 Å². The molecule has 0 unspecified atom stereocenters. The highest BCUT2D eigenvalue weighted by molar-refractivity contribution is 7.15.